The molecule has 2 aliphatic heterocycles. The van der Waals surface area contributed by atoms with Gasteiger partial charge in [-0.3, -0.25) is 4.79 Å². The van der Waals surface area contributed by atoms with Crippen molar-refractivity contribution in [3.8, 4) is 0 Å². The highest BCUT2D eigenvalue weighted by Crippen LogP contribution is 2.53. The molecule has 3 atom stereocenters. The van der Waals surface area contributed by atoms with Crippen LogP contribution in [-0.2, 0) is 9.53 Å². The summed E-state index contributed by atoms with van der Waals surface area (Å²) < 4.78 is 11.7. The lowest BCUT2D eigenvalue weighted by Gasteiger charge is -2.42. The van der Waals surface area contributed by atoms with Crippen LogP contribution in [-0.4, -0.2) is 12.5 Å². The zero-order chi connectivity index (χ0) is 15.1. The first-order chi connectivity index (χ1) is 10.8. The molecule has 0 saturated carbocycles. The number of rotatable bonds is 2. The van der Waals surface area contributed by atoms with E-state index in [0.29, 0.717) is 6.42 Å². The van der Waals surface area contributed by atoms with Crippen LogP contribution in [0.25, 0.3) is 0 Å². The molecule has 4 rings (SSSR count). The van der Waals surface area contributed by atoms with Crippen molar-refractivity contribution in [1.82, 2.24) is 0 Å². The predicted octanol–water partition coefficient (Wildman–Crippen LogP) is 3.86. The van der Waals surface area contributed by atoms with E-state index in [-0.39, 0.29) is 24.0 Å². The number of nitrogens with zero attached hydrogens (tertiary/aromatic N) is 1. The second-order valence-electron chi connectivity index (χ2n) is 5.88. The van der Waals surface area contributed by atoms with Gasteiger partial charge in [-0.15, -0.1) is 0 Å². The highest BCUT2D eigenvalue weighted by atomic mass is 16.5. The predicted molar refractivity (Wildman–Crippen MR) is 82.5 cm³/mol. The third-order valence-electron chi connectivity index (χ3n) is 4.73. The molecule has 0 spiro atoms. The van der Waals surface area contributed by atoms with Crippen molar-refractivity contribution in [1.29, 1.82) is 0 Å². The summed E-state index contributed by atoms with van der Waals surface area (Å²) in [6, 6.07) is 11.8. The molecular formula is C18H19NO3. The van der Waals surface area contributed by atoms with Gasteiger partial charge < -0.3 is 14.1 Å². The fourth-order valence-corrected chi connectivity index (χ4v) is 3.80. The molecule has 0 N–H and O–H groups in total. The lowest BCUT2D eigenvalue weighted by atomic mass is 9.81. The number of hydrogen-bond donors (Lipinski definition) is 0. The quantitative estimate of drug-likeness (QED) is 0.845. The van der Waals surface area contributed by atoms with Gasteiger partial charge in [0.15, 0.2) is 0 Å². The minimum atomic E-state index is -0.0788. The zero-order valence-electron chi connectivity index (χ0n) is 12.6. The third-order valence-corrected chi connectivity index (χ3v) is 4.73. The summed E-state index contributed by atoms with van der Waals surface area (Å²) in [6.45, 7) is 2.64. The summed E-state index contributed by atoms with van der Waals surface area (Å²) in [6.07, 6.45) is 3.14. The van der Waals surface area contributed by atoms with Crippen molar-refractivity contribution in [2.45, 2.75) is 31.9 Å². The van der Waals surface area contributed by atoms with Gasteiger partial charge in [0.2, 0.25) is 5.91 Å². The van der Waals surface area contributed by atoms with Crippen molar-refractivity contribution in [2.75, 3.05) is 11.5 Å². The van der Waals surface area contributed by atoms with Crippen LogP contribution in [0.15, 0.2) is 47.1 Å². The SMILES string of the molecule is CCC(=O)N1c2ccccc2[C@@H]2OCC[C@H]2[C@@H]1c1ccco1. The van der Waals surface area contributed by atoms with Crippen molar-refractivity contribution in [3.63, 3.8) is 0 Å². The fourth-order valence-electron chi connectivity index (χ4n) is 3.80. The van der Waals surface area contributed by atoms with E-state index in [9.17, 15) is 4.79 Å². The number of anilines is 1. The summed E-state index contributed by atoms with van der Waals surface area (Å²) in [7, 11) is 0. The van der Waals surface area contributed by atoms with E-state index in [4.69, 9.17) is 9.15 Å². The lowest BCUT2D eigenvalue weighted by Crippen LogP contribution is -2.43. The molecule has 0 aliphatic carbocycles. The van der Waals surface area contributed by atoms with Crippen LogP contribution in [0.1, 0.15) is 43.2 Å². The van der Waals surface area contributed by atoms with Crippen LogP contribution in [0.4, 0.5) is 5.69 Å². The van der Waals surface area contributed by atoms with Crippen molar-refractivity contribution in [2.24, 2.45) is 5.92 Å². The van der Waals surface area contributed by atoms with Crippen LogP contribution < -0.4 is 4.90 Å². The second-order valence-corrected chi connectivity index (χ2v) is 5.88. The molecule has 1 amide bonds. The van der Waals surface area contributed by atoms with Crippen molar-refractivity contribution >= 4 is 11.6 Å². The van der Waals surface area contributed by atoms with Gasteiger partial charge in [0.25, 0.3) is 0 Å². The van der Waals surface area contributed by atoms with E-state index < -0.39 is 0 Å². The van der Waals surface area contributed by atoms with Crippen molar-refractivity contribution in [3.05, 3.63) is 54.0 Å². The summed E-state index contributed by atoms with van der Waals surface area (Å²) in [5.41, 5.74) is 2.08. The van der Waals surface area contributed by atoms with Gasteiger partial charge in [-0.1, -0.05) is 25.1 Å². The Morgan fingerprint density at radius 1 is 1.27 bits per heavy atom. The highest BCUT2D eigenvalue weighted by Gasteiger charge is 2.47. The van der Waals surface area contributed by atoms with E-state index in [1.165, 1.54) is 0 Å². The van der Waals surface area contributed by atoms with Crippen LogP contribution in [0, 0.1) is 5.92 Å². The van der Waals surface area contributed by atoms with E-state index in [1.807, 2.05) is 42.2 Å². The van der Waals surface area contributed by atoms with E-state index >= 15 is 0 Å². The molecule has 2 aliphatic rings. The highest BCUT2D eigenvalue weighted by molar-refractivity contribution is 5.95. The van der Waals surface area contributed by atoms with Gasteiger partial charge in [0.05, 0.1) is 18.1 Å². The maximum Gasteiger partial charge on any atom is 0.227 e. The number of fused-ring (bicyclic) bond motifs is 3. The Morgan fingerprint density at radius 3 is 2.91 bits per heavy atom. The van der Waals surface area contributed by atoms with Gasteiger partial charge in [-0.05, 0) is 24.6 Å². The van der Waals surface area contributed by atoms with Crippen LogP contribution in [0.3, 0.4) is 0 Å². The van der Waals surface area contributed by atoms with Crippen molar-refractivity contribution < 1.29 is 13.9 Å². The van der Waals surface area contributed by atoms with Crippen LogP contribution in [0.5, 0.6) is 0 Å². The minimum absolute atomic E-state index is 0.0483. The Hall–Kier alpha value is -2.07. The molecule has 2 aromatic rings. The van der Waals surface area contributed by atoms with Gasteiger partial charge in [-0.25, -0.2) is 0 Å². The molecule has 114 valence electrons. The standard InChI is InChI=1S/C18H19NO3/c1-2-16(20)19-14-7-4-3-6-12(14)18-13(9-11-22-18)17(19)15-8-5-10-21-15/h3-8,10,13,17-18H,2,9,11H2,1H3/t13-,17+,18-/m0/s1. The first kappa shape index (κ1) is 13.6. The number of carbonyl (C=O) groups is 1. The smallest absolute Gasteiger partial charge is 0.227 e. The maximum absolute atomic E-state index is 12.7. The lowest BCUT2D eigenvalue weighted by molar-refractivity contribution is -0.119. The largest absolute Gasteiger partial charge is 0.467 e. The number of amides is 1. The molecule has 0 radical (unpaired) electrons. The molecule has 1 aromatic heterocycles. The Balaban J connectivity index is 1.90. The number of para-hydroxylation sites is 1. The molecule has 1 fully saturated rings. The number of carbonyl (C=O) groups excluding carboxylic acids is 1. The maximum atomic E-state index is 12.7. The Bertz CT molecular complexity index is 679. The summed E-state index contributed by atoms with van der Waals surface area (Å²) in [5.74, 6) is 1.22. The second kappa shape index (κ2) is 5.29. The summed E-state index contributed by atoms with van der Waals surface area (Å²) >= 11 is 0. The van der Waals surface area contributed by atoms with E-state index in [2.05, 4.69) is 6.07 Å². The number of hydrogen-bond acceptors (Lipinski definition) is 3. The Kier molecular flexibility index (Phi) is 3.26. The molecule has 4 heteroatoms. The summed E-state index contributed by atoms with van der Waals surface area (Å²) in [5, 5.41) is 0. The average Bonchev–Trinajstić information content (AvgIpc) is 3.24. The van der Waals surface area contributed by atoms with Gasteiger partial charge in [-0.2, -0.15) is 0 Å². The molecule has 0 bridgehead atoms. The fraction of sp³-hybridized carbons (Fsp3) is 0.389. The third kappa shape index (κ3) is 1.91. The first-order valence-electron chi connectivity index (χ1n) is 7.87. The monoisotopic (exact) mass is 297 g/mol. The summed E-state index contributed by atoms with van der Waals surface area (Å²) in [4.78, 5) is 14.6. The number of ether oxygens (including phenoxy) is 1. The normalized spacial score (nSPS) is 26.6. The molecule has 4 nitrogen and oxygen atoms in total. The van der Waals surface area contributed by atoms with E-state index in [1.54, 1.807) is 6.26 Å². The molecule has 1 saturated heterocycles. The number of furan rings is 1. The Morgan fingerprint density at radius 2 is 2.14 bits per heavy atom. The van der Waals surface area contributed by atoms with Gasteiger partial charge in [0.1, 0.15) is 11.8 Å². The number of benzene rings is 1. The minimum Gasteiger partial charge on any atom is -0.467 e. The molecule has 1 aromatic carbocycles. The van der Waals surface area contributed by atoms with Crippen LogP contribution in [0.2, 0.25) is 0 Å². The first-order valence-corrected chi connectivity index (χ1v) is 7.87. The molecule has 3 heterocycles. The topological polar surface area (TPSA) is 42.7 Å². The van der Waals surface area contributed by atoms with Crippen LogP contribution >= 0.6 is 0 Å². The zero-order valence-corrected chi connectivity index (χ0v) is 12.6. The van der Waals surface area contributed by atoms with Gasteiger partial charge in [0, 0.05) is 24.5 Å². The average molecular weight is 297 g/mol. The Labute approximate surface area is 129 Å². The molecule has 0 unspecified atom stereocenters. The van der Waals surface area contributed by atoms with Gasteiger partial charge >= 0.3 is 0 Å². The van der Waals surface area contributed by atoms with E-state index in [0.717, 1.165) is 30.0 Å². The molecule has 22 heavy (non-hydrogen) atoms. The molecular weight excluding hydrogens is 278 g/mol.